The summed E-state index contributed by atoms with van der Waals surface area (Å²) in [5.41, 5.74) is 1.15. The van der Waals surface area contributed by atoms with Gasteiger partial charge in [0.05, 0.1) is 6.10 Å². The number of rotatable bonds is 0. The van der Waals surface area contributed by atoms with Crippen molar-refractivity contribution in [1.29, 1.82) is 0 Å². The summed E-state index contributed by atoms with van der Waals surface area (Å²) < 4.78 is 5.94. The van der Waals surface area contributed by atoms with Crippen LogP contribution < -0.4 is 0 Å². The van der Waals surface area contributed by atoms with Crippen LogP contribution in [0.5, 0.6) is 0 Å². The molecule has 16 heavy (non-hydrogen) atoms. The van der Waals surface area contributed by atoms with Crippen LogP contribution >= 0.6 is 0 Å². The average molecular weight is 222 g/mol. The standard InChI is InChI=1S/C15H26O/c1-14(2)6-4-7-15(3)10-12-11(5-8-16-12)9-13(14)15/h11-13H,4-10H2,1-3H3. The second-order valence-electron chi connectivity index (χ2n) is 7.45. The van der Waals surface area contributed by atoms with Gasteiger partial charge in [-0.25, -0.2) is 0 Å². The van der Waals surface area contributed by atoms with Gasteiger partial charge in [-0.2, -0.15) is 0 Å². The van der Waals surface area contributed by atoms with E-state index >= 15 is 0 Å². The first-order valence-corrected chi connectivity index (χ1v) is 7.13. The average Bonchev–Trinajstić information content (AvgIpc) is 2.60. The second-order valence-corrected chi connectivity index (χ2v) is 7.45. The third-order valence-electron chi connectivity index (χ3n) is 5.91. The zero-order valence-corrected chi connectivity index (χ0v) is 11.1. The highest BCUT2D eigenvalue weighted by Gasteiger charge is 2.53. The summed E-state index contributed by atoms with van der Waals surface area (Å²) in [5.74, 6) is 1.83. The van der Waals surface area contributed by atoms with E-state index in [9.17, 15) is 0 Å². The first-order chi connectivity index (χ1) is 7.51. The van der Waals surface area contributed by atoms with E-state index in [0.29, 0.717) is 16.9 Å². The van der Waals surface area contributed by atoms with Crippen molar-refractivity contribution in [3.05, 3.63) is 0 Å². The SMILES string of the molecule is CC1(C)CCCC2(C)CC3OCCC3CC12. The molecule has 3 rings (SSSR count). The van der Waals surface area contributed by atoms with Crippen molar-refractivity contribution < 1.29 is 4.74 Å². The number of fused-ring (bicyclic) bond motifs is 2. The predicted octanol–water partition coefficient (Wildman–Crippen LogP) is 4.02. The van der Waals surface area contributed by atoms with Crippen LogP contribution in [0.15, 0.2) is 0 Å². The van der Waals surface area contributed by atoms with Crippen LogP contribution in [0.25, 0.3) is 0 Å². The van der Waals surface area contributed by atoms with E-state index in [-0.39, 0.29) is 0 Å². The van der Waals surface area contributed by atoms with Crippen molar-refractivity contribution in [3.8, 4) is 0 Å². The van der Waals surface area contributed by atoms with Gasteiger partial charge < -0.3 is 4.74 Å². The van der Waals surface area contributed by atoms with Gasteiger partial charge in [0.2, 0.25) is 0 Å². The smallest absolute Gasteiger partial charge is 0.0609 e. The minimum atomic E-state index is 0.570. The largest absolute Gasteiger partial charge is 0.378 e. The lowest BCUT2D eigenvalue weighted by Crippen LogP contribution is -2.49. The van der Waals surface area contributed by atoms with Crippen LogP contribution in [0.3, 0.4) is 0 Å². The lowest BCUT2D eigenvalue weighted by Gasteiger charge is -2.56. The van der Waals surface area contributed by atoms with Gasteiger partial charge in [0.25, 0.3) is 0 Å². The van der Waals surface area contributed by atoms with Gasteiger partial charge in [0.1, 0.15) is 0 Å². The summed E-state index contributed by atoms with van der Waals surface area (Å²) in [6.45, 7) is 8.57. The van der Waals surface area contributed by atoms with E-state index in [1.165, 1.54) is 38.5 Å². The second kappa shape index (κ2) is 3.48. The fraction of sp³-hybridized carbons (Fsp3) is 1.00. The maximum absolute atomic E-state index is 5.94. The van der Waals surface area contributed by atoms with Gasteiger partial charge >= 0.3 is 0 Å². The first-order valence-electron chi connectivity index (χ1n) is 7.13. The summed E-state index contributed by atoms with van der Waals surface area (Å²) in [6, 6.07) is 0. The first kappa shape index (κ1) is 11.1. The van der Waals surface area contributed by atoms with E-state index in [0.717, 1.165) is 18.4 Å². The molecule has 0 amide bonds. The summed E-state index contributed by atoms with van der Waals surface area (Å²) >= 11 is 0. The van der Waals surface area contributed by atoms with Gasteiger partial charge in [-0.3, -0.25) is 0 Å². The van der Waals surface area contributed by atoms with Gasteiger partial charge in [-0.05, 0) is 54.8 Å². The molecule has 1 aliphatic heterocycles. The summed E-state index contributed by atoms with van der Waals surface area (Å²) in [6.07, 6.45) is 9.01. The van der Waals surface area contributed by atoms with Crippen LogP contribution in [0.2, 0.25) is 0 Å². The number of hydrogen-bond acceptors (Lipinski definition) is 1. The molecule has 4 unspecified atom stereocenters. The molecule has 2 aliphatic carbocycles. The topological polar surface area (TPSA) is 9.23 Å². The fourth-order valence-corrected chi connectivity index (χ4v) is 5.04. The van der Waals surface area contributed by atoms with E-state index in [2.05, 4.69) is 20.8 Å². The van der Waals surface area contributed by atoms with Crippen molar-refractivity contribution in [3.63, 3.8) is 0 Å². The van der Waals surface area contributed by atoms with Gasteiger partial charge in [-0.15, -0.1) is 0 Å². The van der Waals surface area contributed by atoms with Crippen LogP contribution in [0.1, 0.15) is 59.3 Å². The maximum Gasteiger partial charge on any atom is 0.0609 e. The van der Waals surface area contributed by atoms with Gasteiger partial charge in [0, 0.05) is 6.61 Å². The Labute approximate surface area is 99.9 Å². The molecular formula is C15H26O. The molecule has 0 aromatic rings. The zero-order valence-electron chi connectivity index (χ0n) is 11.1. The molecule has 3 aliphatic rings. The zero-order chi connectivity index (χ0) is 11.4. The molecule has 0 spiro atoms. The van der Waals surface area contributed by atoms with E-state index in [1.54, 1.807) is 0 Å². The molecular weight excluding hydrogens is 196 g/mol. The number of ether oxygens (including phenoxy) is 1. The molecule has 3 fully saturated rings. The van der Waals surface area contributed by atoms with Crippen molar-refractivity contribution in [2.45, 2.75) is 65.4 Å². The third kappa shape index (κ3) is 1.54. The van der Waals surface area contributed by atoms with Crippen molar-refractivity contribution in [2.24, 2.45) is 22.7 Å². The quantitative estimate of drug-likeness (QED) is 0.601. The minimum absolute atomic E-state index is 0.570. The van der Waals surface area contributed by atoms with E-state index in [1.807, 2.05) is 0 Å². The maximum atomic E-state index is 5.94. The molecule has 1 heterocycles. The molecule has 1 nitrogen and oxygen atoms in total. The Morgan fingerprint density at radius 3 is 2.75 bits per heavy atom. The molecule has 1 saturated heterocycles. The van der Waals surface area contributed by atoms with E-state index < -0.39 is 0 Å². The minimum Gasteiger partial charge on any atom is -0.378 e. The van der Waals surface area contributed by atoms with Gasteiger partial charge in [0.15, 0.2) is 0 Å². The molecule has 0 bridgehead atoms. The van der Waals surface area contributed by atoms with Crippen molar-refractivity contribution in [1.82, 2.24) is 0 Å². The molecule has 2 saturated carbocycles. The van der Waals surface area contributed by atoms with Gasteiger partial charge in [-0.1, -0.05) is 27.2 Å². The Bertz CT molecular complexity index is 283. The summed E-state index contributed by atoms with van der Waals surface area (Å²) in [5, 5.41) is 0. The lowest BCUT2D eigenvalue weighted by atomic mass is 9.50. The Hall–Kier alpha value is -0.0400. The van der Waals surface area contributed by atoms with Crippen LogP contribution in [0, 0.1) is 22.7 Å². The highest BCUT2D eigenvalue weighted by Crippen LogP contribution is 2.60. The number of hydrogen-bond donors (Lipinski definition) is 0. The molecule has 0 aromatic heterocycles. The Morgan fingerprint density at radius 2 is 1.94 bits per heavy atom. The van der Waals surface area contributed by atoms with Crippen molar-refractivity contribution in [2.75, 3.05) is 6.61 Å². The van der Waals surface area contributed by atoms with Crippen LogP contribution in [-0.4, -0.2) is 12.7 Å². The monoisotopic (exact) mass is 222 g/mol. The third-order valence-corrected chi connectivity index (χ3v) is 5.91. The lowest BCUT2D eigenvalue weighted by molar-refractivity contribution is -0.0909. The Kier molecular flexibility index (Phi) is 2.41. The fourth-order valence-electron chi connectivity index (χ4n) is 5.04. The highest BCUT2D eigenvalue weighted by atomic mass is 16.5. The van der Waals surface area contributed by atoms with Crippen molar-refractivity contribution >= 4 is 0 Å². The summed E-state index contributed by atoms with van der Waals surface area (Å²) in [7, 11) is 0. The normalized spacial score (nSPS) is 50.8. The molecule has 92 valence electrons. The Morgan fingerprint density at radius 1 is 1.12 bits per heavy atom. The molecule has 4 atom stereocenters. The van der Waals surface area contributed by atoms with Crippen LogP contribution in [-0.2, 0) is 4.74 Å². The highest BCUT2D eigenvalue weighted by molar-refractivity contribution is 5.02. The Balaban J connectivity index is 1.88. The molecule has 0 aromatic carbocycles. The molecule has 0 radical (unpaired) electrons. The predicted molar refractivity (Wildman–Crippen MR) is 66.3 cm³/mol. The molecule has 1 heteroatoms. The summed E-state index contributed by atoms with van der Waals surface area (Å²) in [4.78, 5) is 0. The van der Waals surface area contributed by atoms with Crippen LogP contribution in [0.4, 0.5) is 0 Å². The van der Waals surface area contributed by atoms with E-state index in [4.69, 9.17) is 4.74 Å². The molecule has 0 N–H and O–H groups in total.